The van der Waals surface area contributed by atoms with E-state index in [0.29, 0.717) is 5.16 Å². The lowest BCUT2D eigenvalue weighted by molar-refractivity contribution is 0.0979. The SMILES string of the molecule is O=C1c2ccccc2CC[C@H]1Sc1nc2sc3c(c2c(=O)n1-c1ccc(Br)cc1)CCC3. The van der Waals surface area contributed by atoms with Crippen LogP contribution in [0.15, 0.2) is 63.0 Å². The number of carbonyl (C=O) groups is 1. The van der Waals surface area contributed by atoms with Gasteiger partial charge < -0.3 is 0 Å². The molecular weight excluding hydrogens is 504 g/mol. The van der Waals surface area contributed by atoms with Crippen LogP contribution in [0.25, 0.3) is 15.9 Å². The highest BCUT2D eigenvalue weighted by Gasteiger charge is 2.31. The fourth-order valence-electron chi connectivity index (χ4n) is 4.73. The number of halogens is 1. The van der Waals surface area contributed by atoms with E-state index in [1.165, 1.54) is 22.2 Å². The average Bonchev–Trinajstić information content (AvgIpc) is 3.38. The lowest BCUT2D eigenvalue weighted by Gasteiger charge is -2.23. The van der Waals surface area contributed by atoms with Crippen molar-refractivity contribution < 1.29 is 4.79 Å². The predicted octanol–water partition coefficient (Wildman–Crippen LogP) is 5.99. The maximum absolute atomic E-state index is 13.8. The molecular formula is C25H19BrN2O2S2. The molecule has 0 bridgehead atoms. The van der Waals surface area contributed by atoms with Crippen LogP contribution in [0.5, 0.6) is 0 Å². The van der Waals surface area contributed by atoms with Gasteiger partial charge in [0.25, 0.3) is 5.56 Å². The minimum Gasteiger partial charge on any atom is -0.293 e. The van der Waals surface area contributed by atoms with Gasteiger partial charge in [-0.15, -0.1) is 11.3 Å². The molecule has 2 aliphatic carbocycles. The Morgan fingerprint density at radius 2 is 1.84 bits per heavy atom. The molecule has 1 atom stereocenters. The molecule has 7 heteroatoms. The molecule has 0 saturated heterocycles. The third-order valence-electron chi connectivity index (χ3n) is 6.29. The number of nitrogens with zero attached hydrogens (tertiary/aromatic N) is 2. The Morgan fingerprint density at radius 1 is 1.03 bits per heavy atom. The predicted molar refractivity (Wildman–Crippen MR) is 134 cm³/mol. The number of fused-ring (bicyclic) bond motifs is 4. The molecule has 0 unspecified atom stereocenters. The van der Waals surface area contributed by atoms with Gasteiger partial charge in [-0.2, -0.15) is 0 Å². The molecule has 160 valence electrons. The van der Waals surface area contributed by atoms with Crippen molar-refractivity contribution in [3.63, 3.8) is 0 Å². The number of Topliss-reactive ketones (excluding diaryl/α,β-unsaturated/α-hetero) is 1. The van der Waals surface area contributed by atoms with Crippen molar-refractivity contribution in [2.75, 3.05) is 0 Å². The number of thiophene rings is 1. The number of ketones is 1. The molecule has 0 radical (unpaired) electrons. The number of carbonyl (C=O) groups excluding carboxylic acids is 1. The number of benzene rings is 2. The van der Waals surface area contributed by atoms with Crippen LogP contribution in [-0.2, 0) is 19.3 Å². The molecule has 2 aromatic heterocycles. The first kappa shape index (κ1) is 20.4. The van der Waals surface area contributed by atoms with Gasteiger partial charge in [-0.3, -0.25) is 14.2 Å². The highest BCUT2D eigenvalue weighted by atomic mass is 79.9. The van der Waals surface area contributed by atoms with Crippen molar-refractivity contribution in [1.29, 1.82) is 0 Å². The Hall–Kier alpha value is -2.22. The van der Waals surface area contributed by atoms with Gasteiger partial charge in [-0.25, -0.2) is 4.98 Å². The maximum Gasteiger partial charge on any atom is 0.267 e. The van der Waals surface area contributed by atoms with Crippen molar-refractivity contribution in [2.24, 2.45) is 0 Å². The van der Waals surface area contributed by atoms with Gasteiger partial charge in [0.2, 0.25) is 0 Å². The van der Waals surface area contributed by atoms with Crippen molar-refractivity contribution in [2.45, 2.75) is 42.5 Å². The highest BCUT2D eigenvalue weighted by Crippen LogP contribution is 2.38. The van der Waals surface area contributed by atoms with Gasteiger partial charge in [0, 0.05) is 14.9 Å². The van der Waals surface area contributed by atoms with E-state index >= 15 is 0 Å². The summed E-state index contributed by atoms with van der Waals surface area (Å²) in [6.45, 7) is 0. The number of hydrogen-bond acceptors (Lipinski definition) is 5. The minimum atomic E-state index is -0.247. The van der Waals surface area contributed by atoms with Crippen molar-refractivity contribution in [3.8, 4) is 5.69 Å². The molecule has 4 nitrogen and oxygen atoms in total. The molecule has 2 aromatic carbocycles. The summed E-state index contributed by atoms with van der Waals surface area (Å²) in [5.74, 6) is 0.127. The summed E-state index contributed by atoms with van der Waals surface area (Å²) in [6.07, 6.45) is 4.67. The van der Waals surface area contributed by atoms with Crippen LogP contribution in [0.4, 0.5) is 0 Å². The van der Waals surface area contributed by atoms with Crippen LogP contribution in [0.3, 0.4) is 0 Å². The standard InChI is InChI=1S/C25H19BrN2O2S2/c26-15-9-11-16(12-10-15)28-24(30)21-18-6-3-7-19(18)31-23(21)27-25(28)32-20-13-8-14-4-1-2-5-17(14)22(20)29/h1-2,4-5,9-12,20H,3,6-8,13H2/t20-/m1/s1. The Bertz CT molecular complexity index is 1440. The molecule has 0 amide bonds. The monoisotopic (exact) mass is 522 g/mol. The van der Waals surface area contributed by atoms with Crippen LogP contribution in [0.1, 0.15) is 39.2 Å². The van der Waals surface area contributed by atoms with Gasteiger partial charge in [-0.1, -0.05) is 52.0 Å². The zero-order valence-corrected chi connectivity index (χ0v) is 20.4. The van der Waals surface area contributed by atoms with Crippen molar-refractivity contribution in [1.82, 2.24) is 9.55 Å². The number of hydrogen-bond donors (Lipinski definition) is 0. The third kappa shape index (κ3) is 3.29. The van der Waals surface area contributed by atoms with Crippen LogP contribution in [0, 0.1) is 0 Å². The summed E-state index contributed by atoms with van der Waals surface area (Å²) in [4.78, 5) is 34.1. The zero-order chi connectivity index (χ0) is 21.8. The topological polar surface area (TPSA) is 52.0 Å². The Labute approximate surface area is 201 Å². The molecule has 32 heavy (non-hydrogen) atoms. The summed E-state index contributed by atoms with van der Waals surface area (Å²) in [5, 5.41) is 1.11. The van der Waals surface area contributed by atoms with E-state index in [9.17, 15) is 9.59 Å². The number of aromatic nitrogens is 2. The van der Waals surface area contributed by atoms with Gasteiger partial charge in [0.1, 0.15) is 4.83 Å². The molecule has 0 spiro atoms. The minimum absolute atomic E-state index is 0.0251. The van der Waals surface area contributed by atoms with E-state index in [0.717, 1.165) is 63.6 Å². The van der Waals surface area contributed by atoms with Gasteiger partial charge in [0.05, 0.1) is 16.3 Å². The average molecular weight is 523 g/mol. The van der Waals surface area contributed by atoms with E-state index < -0.39 is 0 Å². The molecule has 2 aliphatic rings. The highest BCUT2D eigenvalue weighted by molar-refractivity contribution is 9.10. The van der Waals surface area contributed by atoms with Crippen molar-refractivity contribution in [3.05, 3.63) is 84.9 Å². The van der Waals surface area contributed by atoms with Crippen LogP contribution < -0.4 is 5.56 Å². The Balaban J connectivity index is 1.50. The number of aryl methyl sites for hydroxylation is 3. The Kier molecular flexibility index (Phi) is 5.08. The molecule has 6 rings (SSSR count). The first-order valence-corrected chi connectivity index (χ1v) is 13.2. The first-order valence-electron chi connectivity index (χ1n) is 10.7. The third-order valence-corrected chi connectivity index (χ3v) is 9.23. The second kappa shape index (κ2) is 7.97. The van der Waals surface area contributed by atoms with E-state index in [-0.39, 0.29) is 16.6 Å². The normalized spacial score (nSPS) is 17.5. The summed E-state index contributed by atoms with van der Waals surface area (Å²) in [5.41, 5.74) is 3.83. The lowest BCUT2D eigenvalue weighted by Crippen LogP contribution is -2.27. The summed E-state index contributed by atoms with van der Waals surface area (Å²) in [7, 11) is 0. The molecule has 0 N–H and O–H groups in total. The largest absolute Gasteiger partial charge is 0.293 e. The van der Waals surface area contributed by atoms with E-state index in [4.69, 9.17) is 4.98 Å². The number of rotatable bonds is 3. The van der Waals surface area contributed by atoms with E-state index in [1.54, 1.807) is 15.9 Å². The summed E-state index contributed by atoms with van der Waals surface area (Å²) >= 11 is 6.55. The first-order chi connectivity index (χ1) is 15.6. The molecule has 0 fully saturated rings. The fraction of sp³-hybridized carbons (Fsp3) is 0.240. The van der Waals surface area contributed by atoms with Gasteiger partial charge in [-0.05, 0) is 67.5 Å². The molecule has 0 aliphatic heterocycles. The second-order valence-electron chi connectivity index (χ2n) is 8.22. The zero-order valence-electron chi connectivity index (χ0n) is 17.1. The Morgan fingerprint density at radius 3 is 2.69 bits per heavy atom. The number of thioether (sulfide) groups is 1. The quantitative estimate of drug-likeness (QED) is 0.310. The van der Waals surface area contributed by atoms with E-state index in [1.807, 2.05) is 48.5 Å². The smallest absolute Gasteiger partial charge is 0.267 e. The van der Waals surface area contributed by atoms with Gasteiger partial charge in [0.15, 0.2) is 10.9 Å². The summed E-state index contributed by atoms with van der Waals surface area (Å²) < 4.78 is 2.66. The van der Waals surface area contributed by atoms with Crippen LogP contribution in [0.2, 0.25) is 0 Å². The van der Waals surface area contributed by atoms with E-state index in [2.05, 4.69) is 15.9 Å². The summed E-state index contributed by atoms with van der Waals surface area (Å²) in [6, 6.07) is 15.5. The molecule has 2 heterocycles. The van der Waals surface area contributed by atoms with Crippen LogP contribution >= 0.6 is 39.0 Å². The van der Waals surface area contributed by atoms with Gasteiger partial charge >= 0.3 is 0 Å². The second-order valence-corrected chi connectivity index (χ2v) is 11.4. The lowest BCUT2D eigenvalue weighted by atomic mass is 9.90. The van der Waals surface area contributed by atoms with Crippen molar-refractivity contribution >= 4 is 55.0 Å². The molecule has 4 aromatic rings. The fourth-order valence-corrected chi connectivity index (χ4v) is 7.47. The van der Waals surface area contributed by atoms with Crippen LogP contribution in [-0.4, -0.2) is 20.6 Å². The molecule has 0 saturated carbocycles. The maximum atomic E-state index is 13.8.